The molecule has 1 amide bonds. The maximum atomic E-state index is 12.1. The molecule has 1 saturated carbocycles. The second-order valence-corrected chi connectivity index (χ2v) is 5.55. The zero-order valence-electron chi connectivity index (χ0n) is 12.4. The van der Waals surface area contributed by atoms with Gasteiger partial charge in [-0.05, 0) is 37.0 Å². The van der Waals surface area contributed by atoms with Crippen LogP contribution in [0, 0.1) is 5.92 Å². The van der Waals surface area contributed by atoms with E-state index in [0.717, 1.165) is 6.42 Å². The van der Waals surface area contributed by atoms with Crippen molar-refractivity contribution in [2.75, 3.05) is 0 Å². The van der Waals surface area contributed by atoms with Crippen LogP contribution in [0.4, 0.5) is 0 Å². The van der Waals surface area contributed by atoms with Crippen LogP contribution in [0.2, 0.25) is 0 Å². The van der Waals surface area contributed by atoms with Crippen molar-refractivity contribution in [3.63, 3.8) is 0 Å². The number of para-hydroxylation sites is 1. The standard InChI is InChI=1S/C18H18N2O2/c1-12(14-9-5-6-10-17(14)21)19-20-18(22)16-11-15(16)13-7-3-2-4-8-13/h2-10,15-16,21H,11H2,1H3,(H,20,22)/b19-12-/t15-,16-/m1/s1. The third-order valence-corrected chi connectivity index (χ3v) is 3.98. The van der Waals surface area contributed by atoms with Gasteiger partial charge in [0.15, 0.2) is 0 Å². The lowest BCUT2D eigenvalue weighted by Gasteiger charge is -2.04. The van der Waals surface area contributed by atoms with Gasteiger partial charge >= 0.3 is 0 Å². The number of carbonyl (C=O) groups is 1. The van der Waals surface area contributed by atoms with Crippen molar-refractivity contribution in [2.24, 2.45) is 11.0 Å². The summed E-state index contributed by atoms with van der Waals surface area (Å²) in [7, 11) is 0. The van der Waals surface area contributed by atoms with Crippen LogP contribution in [0.15, 0.2) is 59.7 Å². The smallest absolute Gasteiger partial charge is 0.243 e. The van der Waals surface area contributed by atoms with Crippen LogP contribution in [-0.2, 0) is 4.79 Å². The Bertz CT molecular complexity index is 710. The van der Waals surface area contributed by atoms with Crippen molar-refractivity contribution >= 4 is 11.6 Å². The third kappa shape index (κ3) is 3.01. The number of hydrazone groups is 1. The van der Waals surface area contributed by atoms with E-state index >= 15 is 0 Å². The molecule has 0 aromatic heterocycles. The predicted molar refractivity (Wildman–Crippen MR) is 85.8 cm³/mol. The van der Waals surface area contributed by atoms with Crippen molar-refractivity contribution in [1.82, 2.24) is 5.43 Å². The summed E-state index contributed by atoms with van der Waals surface area (Å²) in [6.45, 7) is 1.76. The normalized spacial score (nSPS) is 20.5. The number of phenols is 1. The van der Waals surface area contributed by atoms with Gasteiger partial charge in [-0.1, -0.05) is 42.5 Å². The lowest BCUT2D eigenvalue weighted by atomic mass is 10.1. The first-order valence-electron chi connectivity index (χ1n) is 7.34. The van der Waals surface area contributed by atoms with Gasteiger partial charge in [-0.3, -0.25) is 4.79 Å². The van der Waals surface area contributed by atoms with E-state index in [4.69, 9.17) is 0 Å². The van der Waals surface area contributed by atoms with Gasteiger partial charge in [0, 0.05) is 11.5 Å². The van der Waals surface area contributed by atoms with Crippen molar-refractivity contribution < 1.29 is 9.90 Å². The second kappa shape index (κ2) is 6.02. The van der Waals surface area contributed by atoms with Crippen molar-refractivity contribution in [3.8, 4) is 5.75 Å². The molecule has 0 spiro atoms. The molecule has 1 fully saturated rings. The molecule has 4 heteroatoms. The minimum absolute atomic E-state index is 0.0108. The van der Waals surface area contributed by atoms with Gasteiger partial charge in [-0.15, -0.1) is 0 Å². The van der Waals surface area contributed by atoms with E-state index in [-0.39, 0.29) is 17.6 Å². The summed E-state index contributed by atoms with van der Waals surface area (Å²) in [5.41, 5.74) is 5.02. The SMILES string of the molecule is C/C(=N/NC(=O)[C@@H]1C[C@@H]1c1ccccc1)c1ccccc1O. The molecule has 1 aliphatic carbocycles. The summed E-state index contributed by atoms with van der Waals surface area (Å²) >= 11 is 0. The van der Waals surface area contributed by atoms with Crippen LogP contribution in [0.1, 0.15) is 30.4 Å². The van der Waals surface area contributed by atoms with Crippen molar-refractivity contribution in [2.45, 2.75) is 19.3 Å². The maximum absolute atomic E-state index is 12.1. The number of hydrogen-bond acceptors (Lipinski definition) is 3. The number of nitrogens with zero attached hydrogens (tertiary/aromatic N) is 1. The molecule has 2 aromatic rings. The molecule has 2 N–H and O–H groups in total. The molecule has 112 valence electrons. The predicted octanol–water partition coefficient (Wildman–Crippen LogP) is 3.04. The Morgan fingerprint density at radius 2 is 1.82 bits per heavy atom. The van der Waals surface area contributed by atoms with Gasteiger partial charge in [0.2, 0.25) is 5.91 Å². The highest BCUT2D eigenvalue weighted by molar-refractivity contribution is 6.01. The molecule has 2 atom stereocenters. The highest BCUT2D eigenvalue weighted by Crippen LogP contribution is 2.47. The van der Waals surface area contributed by atoms with Crippen molar-refractivity contribution in [1.29, 1.82) is 0 Å². The topological polar surface area (TPSA) is 61.7 Å². The number of rotatable bonds is 4. The van der Waals surface area contributed by atoms with E-state index in [1.54, 1.807) is 25.1 Å². The number of carbonyl (C=O) groups excluding carboxylic acids is 1. The molecular weight excluding hydrogens is 276 g/mol. The summed E-state index contributed by atoms with van der Waals surface area (Å²) in [5.74, 6) is 0.375. The summed E-state index contributed by atoms with van der Waals surface area (Å²) in [6, 6.07) is 17.0. The average Bonchev–Trinajstić information content (AvgIpc) is 3.34. The van der Waals surface area contributed by atoms with Crippen LogP contribution in [0.5, 0.6) is 5.75 Å². The molecule has 0 bridgehead atoms. The Kier molecular flexibility index (Phi) is 3.92. The van der Waals surface area contributed by atoms with Gasteiger partial charge in [-0.25, -0.2) is 5.43 Å². The monoisotopic (exact) mass is 294 g/mol. The van der Waals surface area contributed by atoms with Crippen LogP contribution < -0.4 is 5.43 Å². The highest BCUT2D eigenvalue weighted by Gasteiger charge is 2.43. The lowest BCUT2D eigenvalue weighted by molar-refractivity contribution is -0.122. The summed E-state index contributed by atoms with van der Waals surface area (Å²) in [6.07, 6.45) is 0.862. The lowest BCUT2D eigenvalue weighted by Crippen LogP contribution is -2.21. The van der Waals surface area contributed by atoms with Gasteiger partial charge in [0.25, 0.3) is 0 Å². The summed E-state index contributed by atoms with van der Waals surface area (Å²) in [4.78, 5) is 12.1. The summed E-state index contributed by atoms with van der Waals surface area (Å²) in [5, 5.41) is 13.9. The van der Waals surface area contributed by atoms with Gasteiger partial charge in [0.05, 0.1) is 5.71 Å². The summed E-state index contributed by atoms with van der Waals surface area (Å²) < 4.78 is 0. The third-order valence-electron chi connectivity index (χ3n) is 3.98. The highest BCUT2D eigenvalue weighted by atomic mass is 16.3. The second-order valence-electron chi connectivity index (χ2n) is 5.55. The number of amides is 1. The molecule has 0 aliphatic heterocycles. The number of aromatic hydroxyl groups is 1. The largest absolute Gasteiger partial charge is 0.507 e. The Balaban J connectivity index is 1.62. The Morgan fingerprint density at radius 1 is 1.14 bits per heavy atom. The van der Waals surface area contributed by atoms with E-state index in [1.807, 2.05) is 24.3 Å². The minimum atomic E-state index is -0.0661. The van der Waals surface area contributed by atoms with E-state index in [0.29, 0.717) is 17.2 Å². The van der Waals surface area contributed by atoms with E-state index < -0.39 is 0 Å². The number of phenolic OH excluding ortho intramolecular Hbond substituents is 1. The molecule has 0 heterocycles. The first kappa shape index (κ1) is 14.3. The number of nitrogens with one attached hydrogen (secondary N) is 1. The van der Waals surface area contributed by atoms with Crippen LogP contribution in [0.3, 0.4) is 0 Å². The fraction of sp³-hybridized carbons (Fsp3) is 0.222. The zero-order valence-corrected chi connectivity index (χ0v) is 12.4. The number of hydrogen-bond donors (Lipinski definition) is 2. The van der Waals surface area contributed by atoms with Crippen LogP contribution >= 0.6 is 0 Å². The molecule has 0 radical (unpaired) electrons. The molecule has 4 nitrogen and oxygen atoms in total. The maximum Gasteiger partial charge on any atom is 0.243 e. The molecule has 1 aliphatic rings. The Morgan fingerprint density at radius 3 is 2.55 bits per heavy atom. The fourth-order valence-corrected chi connectivity index (χ4v) is 2.62. The first-order chi connectivity index (χ1) is 10.7. The van der Waals surface area contributed by atoms with Gasteiger partial charge in [-0.2, -0.15) is 5.10 Å². The van der Waals surface area contributed by atoms with Crippen molar-refractivity contribution in [3.05, 3.63) is 65.7 Å². The van der Waals surface area contributed by atoms with E-state index in [9.17, 15) is 9.90 Å². The first-order valence-corrected chi connectivity index (χ1v) is 7.34. The Labute approximate surface area is 129 Å². The van der Waals surface area contributed by atoms with Gasteiger partial charge in [0.1, 0.15) is 5.75 Å². The molecule has 2 aromatic carbocycles. The number of benzene rings is 2. The molecule has 3 rings (SSSR count). The molecule has 22 heavy (non-hydrogen) atoms. The fourth-order valence-electron chi connectivity index (χ4n) is 2.62. The average molecular weight is 294 g/mol. The quantitative estimate of drug-likeness (QED) is 0.672. The minimum Gasteiger partial charge on any atom is -0.507 e. The van der Waals surface area contributed by atoms with E-state index in [1.165, 1.54) is 5.56 Å². The van der Waals surface area contributed by atoms with Crippen LogP contribution in [-0.4, -0.2) is 16.7 Å². The molecular formula is C18H18N2O2. The van der Waals surface area contributed by atoms with Crippen LogP contribution in [0.25, 0.3) is 0 Å². The molecule has 0 unspecified atom stereocenters. The zero-order chi connectivity index (χ0) is 15.5. The molecule has 0 saturated heterocycles. The Hall–Kier alpha value is -2.62. The van der Waals surface area contributed by atoms with Gasteiger partial charge < -0.3 is 5.11 Å². The van der Waals surface area contributed by atoms with E-state index in [2.05, 4.69) is 22.7 Å².